The van der Waals surface area contributed by atoms with Crippen LogP contribution in [0.3, 0.4) is 0 Å². The molecule has 0 aromatic carbocycles. The molecule has 3 aromatic heterocycles. The van der Waals surface area contributed by atoms with Gasteiger partial charge in [0.25, 0.3) is 6.43 Å². The summed E-state index contributed by atoms with van der Waals surface area (Å²) in [5, 5.41) is 4.81. The number of alkyl halides is 2. The molecule has 0 saturated heterocycles. The molecular formula is C20H18F2N4OS. The molecule has 0 bridgehead atoms. The van der Waals surface area contributed by atoms with E-state index in [4.69, 9.17) is 9.82 Å². The number of aryl methyl sites for hydroxylation is 2. The van der Waals surface area contributed by atoms with Crippen LogP contribution in [0.2, 0.25) is 0 Å². The van der Waals surface area contributed by atoms with Crippen LogP contribution in [0.1, 0.15) is 29.8 Å². The van der Waals surface area contributed by atoms with Crippen molar-refractivity contribution in [1.82, 2.24) is 15.0 Å². The van der Waals surface area contributed by atoms with Gasteiger partial charge in [-0.1, -0.05) is 11.2 Å². The Bertz CT molecular complexity index is 1000. The van der Waals surface area contributed by atoms with Crippen molar-refractivity contribution in [1.29, 1.82) is 0 Å². The van der Waals surface area contributed by atoms with E-state index in [1.165, 1.54) is 0 Å². The van der Waals surface area contributed by atoms with Crippen LogP contribution in [-0.4, -0.2) is 33.7 Å². The SMILES string of the molecule is Cc1nc(-c2cccnc2)sc1-c1ccc2c(n1)C(=NOCC(F)F)CCC2. The lowest BCUT2D eigenvalue weighted by Crippen LogP contribution is -2.15. The van der Waals surface area contributed by atoms with Gasteiger partial charge in [0.05, 0.1) is 22.0 Å². The molecule has 4 rings (SSSR count). The summed E-state index contributed by atoms with van der Waals surface area (Å²) < 4.78 is 24.7. The number of thiazole rings is 1. The molecule has 0 spiro atoms. The Hall–Kier alpha value is -2.74. The van der Waals surface area contributed by atoms with Gasteiger partial charge in [-0.25, -0.2) is 18.7 Å². The van der Waals surface area contributed by atoms with E-state index in [0.29, 0.717) is 12.1 Å². The molecular weight excluding hydrogens is 382 g/mol. The third kappa shape index (κ3) is 3.91. The second-order valence-corrected chi connectivity index (χ2v) is 7.46. The number of oxime groups is 1. The topological polar surface area (TPSA) is 60.3 Å². The molecule has 0 aliphatic heterocycles. The van der Waals surface area contributed by atoms with Gasteiger partial charge in [-0.05, 0) is 49.9 Å². The van der Waals surface area contributed by atoms with Crippen molar-refractivity contribution in [3.8, 4) is 21.1 Å². The van der Waals surface area contributed by atoms with Crippen molar-refractivity contribution in [3.63, 3.8) is 0 Å². The van der Waals surface area contributed by atoms with Gasteiger partial charge >= 0.3 is 0 Å². The molecule has 3 heterocycles. The van der Waals surface area contributed by atoms with Gasteiger partial charge in [-0.2, -0.15) is 0 Å². The Kier molecular flexibility index (Phi) is 5.38. The van der Waals surface area contributed by atoms with Gasteiger partial charge in [-0.15, -0.1) is 11.3 Å². The van der Waals surface area contributed by atoms with E-state index in [1.807, 2.05) is 31.2 Å². The summed E-state index contributed by atoms with van der Waals surface area (Å²) in [7, 11) is 0. The van der Waals surface area contributed by atoms with Crippen LogP contribution in [0.4, 0.5) is 8.78 Å². The first-order valence-electron chi connectivity index (χ1n) is 8.97. The smallest absolute Gasteiger partial charge is 0.274 e. The zero-order valence-corrected chi connectivity index (χ0v) is 16.0. The van der Waals surface area contributed by atoms with Crippen LogP contribution in [0.25, 0.3) is 21.1 Å². The maximum atomic E-state index is 12.3. The fourth-order valence-corrected chi connectivity index (χ4v) is 4.16. The third-order valence-corrected chi connectivity index (χ3v) is 5.65. The van der Waals surface area contributed by atoms with E-state index in [9.17, 15) is 8.78 Å². The number of pyridine rings is 2. The van der Waals surface area contributed by atoms with Gasteiger partial charge in [0.2, 0.25) is 0 Å². The molecule has 0 amide bonds. The van der Waals surface area contributed by atoms with Crippen molar-refractivity contribution < 1.29 is 13.6 Å². The number of hydrogen-bond donors (Lipinski definition) is 0. The first-order valence-corrected chi connectivity index (χ1v) is 9.79. The standard InChI is InChI=1S/C20H18F2N4OS/c1-12-19(28-20(24-12)14-5-3-9-23-10-14)16-8-7-13-4-2-6-15(18(13)25-16)26-27-11-17(21)22/h3,5,7-10,17H,2,4,6,11H2,1H3. The summed E-state index contributed by atoms with van der Waals surface area (Å²) in [6.07, 6.45) is 3.42. The highest BCUT2D eigenvalue weighted by Gasteiger charge is 2.21. The van der Waals surface area contributed by atoms with Crippen molar-refractivity contribution in [2.24, 2.45) is 5.16 Å². The second kappa shape index (κ2) is 8.10. The van der Waals surface area contributed by atoms with Crippen LogP contribution in [0, 0.1) is 6.92 Å². The zero-order chi connectivity index (χ0) is 19.5. The summed E-state index contributed by atoms with van der Waals surface area (Å²) in [4.78, 5) is 19.4. The van der Waals surface area contributed by atoms with E-state index >= 15 is 0 Å². The maximum absolute atomic E-state index is 12.3. The highest BCUT2D eigenvalue weighted by molar-refractivity contribution is 7.18. The first kappa shape index (κ1) is 18.6. The largest absolute Gasteiger partial charge is 0.389 e. The molecule has 1 aliphatic rings. The van der Waals surface area contributed by atoms with Crippen LogP contribution in [0.5, 0.6) is 0 Å². The molecule has 1 aliphatic carbocycles. The highest BCUT2D eigenvalue weighted by Crippen LogP contribution is 2.35. The molecule has 0 unspecified atom stereocenters. The van der Waals surface area contributed by atoms with Crippen molar-refractivity contribution >= 4 is 17.0 Å². The monoisotopic (exact) mass is 400 g/mol. The molecule has 0 saturated carbocycles. The van der Waals surface area contributed by atoms with E-state index in [-0.39, 0.29) is 0 Å². The average Bonchev–Trinajstić information content (AvgIpc) is 3.10. The lowest BCUT2D eigenvalue weighted by Gasteiger charge is -2.17. The van der Waals surface area contributed by atoms with Crippen LogP contribution in [-0.2, 0) is 11.3 Å². The quantitative estimate of drug-likeness (QED) is 0.572. The summed E-state index contributed by atoms with van der Waals surface area (Å²) in [5.74, 6) is 0. The molecule has 0 atom stereocenters. The summed E-state index contributed by atoms with van der Waals surface area (Å²) >= 11 is 1.56. The number of halogens is 2. The summed E-state index contributed by atoms with van der Waals surface area (Å²) in [5.41, 5.74) is 5.06. The fourth-order valence-electron chi connectivity index (χ4n) is 3.14. The van der Waals surface area contributed by atoms with Crippen LogP contribution < -0.4 is 0 Å². The Balaban J connectivity index is 1.68. The molecule has 0 fully saturated rings. The maximum Gasteiger partial charge on any atom is 0.274 e. The molecule has 8 heteroatoms. The molecule has 0 radical (unpaired) electrons. The van der Waals surface area contributed by atoms with E-state index in [1.54, 1.807) is 23.7 Å². The first-order chi connectivity index (χ1) is 13.6. The van der Waals surface area contributed by atoms with Gasteiger partial charge in [-0.3, -0.25) is 4.98 Å². The zero-order valence-electron chi connectivity index (χ0n) is 15.2. The summed E-state index contributed by atoms with van der Waals surface area (Å²) in [6, 6.07) is 7.86. The number of rotatable bonds is 5. The minimum atomic E-state index is -2.54. The number of hydrogen-bond acceptors (Lipinski definition) is 6. The van der Waals surface area contributed by atoms with Crippen molar-refractivity contribution in [2.45, 2.75) is 32.6 Å². The highest BCUT2D eigenvalue weighted by atomic mass is 32.1. The van der Waals surface area contributed by atoms with Gasteiger partial charge in [0.1, 0.15) is 10.7 Å². The Morgan fingerprint density at radius 1 is 1.21 bits per heavy atom. The predicted octanol–water partition coefficient (Wildman–Crippen LogP) is 4.90. The number of fused-ring (bicyclic) bond motifs is 1. The van der Waals surface area contributed by atoms with Crippen LogP contribution in [0.15, 0.2) is 41.8 Å². The Morgan fingerprint density at radius 2 is 2.11 bits per heavy atom. The molecule has 5 nitrogen and oxygen atoms in total. The van der Waals surface area contributed by atoms with Crippen molar-refractivity contribution in [3.05, 3.63) is 53.6 Å². The number of nitrogens with zero attached hydrogens (tertiary/aromatic N) is 4. The van der Waals surface area contributed by atoms with E-state index in [0.717, 1.165) is 50.9 Å². The predicted molar refractivity (Wildman–Crippen MR) is 105 cm³/mol. The van der Waals surface area contributed by atoms with Crippen LogP contribution >= 0.6 is 11.3 Å². The van der Waals surface area contributed by atoms with E-state index in [2.05, 4.69) is 15.1 Å². The molecule has 3 aromatic rings. The normalized spacial score (nSPS) is 15.1. The summed E-state index contributed by atoms with van der Waals surface area (Å²) in [6.45, 7) is 1.24. The average molecular weight is 400 g/mol. The lowest BCUT2D eigenvalue weighted by molar-refractivity contribution is 0.0200. The number of aromatic nitrogens is 3. The van der Waals surface area contributed by atoms with Gasteiger partial charge in [0.15, 0.2) is 6.61 Å². The Labute approximate surface area is 165 Å². The third-order valence-electron chi connectivity index (χ3n) is 4.42. The van der Waals surface area contributed by atoms with Gasteiger partial charge < -0.3 is 4.84 Å². The van der Waals surface area contributed by atoms with Gasteiger partial charge in [0, 0.05) is 18.0 Å². The molecule has 144 valence electrons. The molecule has 0 N–H and O–H groups in total. The minimum absolute atomic E-state index is 0.624. The van der Waals surface area contributed by atoms with E-state index < -0.39 is 13.0 Å². The molecule has 28 heavy (non-hydrogen) atoms. The Morgan fingerprint density at radius 3 is 2.89 bits per heavy atom. The fraction of sp³-hybridized carbons (Fsp3) is 0.300. The minimum Gasteiger partial charge on any atom is -0.389 e. The van der Waals surface area contributed by atoms with Crippen molar-refractivity contribution in [2.75, 3.05) is 6.61 Å². The lowest BCUT2D eigenvalue weighted by atomic mass is 9.94. The second-order valence-electron chi connectivity index (χ2n) is 6.46.